The van der Waals surface area contributed by atoms with Crippen molar-refractivity contribution in [1.82, 2.24) is 0 Å². The van der Waals surface area contributed by atoms with Crippen LogP contribution in [-0.2, 0) is 4.79 Å². The quantitative estimate of drug-likeness (QED) is 0.715. The van der Waals surface area contributed by atoms with Crippen LogP contribution in [0.4, 0.5) is 0 Å². The Morgan fingerprint density at radius 3 is 1.73 bits per heavy atom. The van der Waals surface area contributed by atoms with Crippen LogP contribution in [-0.4, -0.2) is 11.6 Å². The Bertz CT molecular complexity index is 237. The van der Waals surface area contributed by atoms with Gasteiger partial charge in [-0.15, -0.1) is 0 Å². The molecule has 1 aromatic rings. The van der Waals surface area contributed by atoms with Gasteiger partial charge in [-0.05, 0) is 18.4 Å². The fraction of sp³-hybridized carbons (Fsp3) is 0.462. The molecular formula is C13H22O2. The minimum atomic E-state index is -0.250. The molecule has 0 unspecified atom stereocenters. The zero-order valence-corrected chi connectivity index (χ0v) is 10.3. The van der Waals surface area contributed by atoms with E-state index in [9.17, 15) is 0 Å². The molecule has 0 saturated carbocycles. The van der Waals surface area contributed by atoms with Crippen molar-refractivity contribution in [3.8, 4) is 0 Å². The predicted molar refractivity (Wildman–Crippen MR) is 65.3 cm³/mol. The summed E-state index contributed by atoms with van der Waals surface area (Å²) >= 11 is 0. The third kappa shape index (κ3) is 9.01. The molecular weight excluding hydrogens is 188 g/mol. The molecule has 2 heteroatoms. The zero-order valence-electron chi connectivity index (χ0n) is 10.3. The van der Waals surface area contributed by atoms with Crippen LogP contribution in [0.3, 0.4) is 0 Å². The molecule has 0 bridgehead atoms. The van der Waals surface area contributed by atoms with E-state index in [1.54, 1.807) is 0 Å². The van der Waals surface area contributed by atoms with Gasteiger partial charge in [-0.25, -0.2) is 0 Å². The summed E-state index contributed by atoms with van der Waals surface area (Å²) in [4.78, 5) is 8.36. The molecule has 2 nitrogen and oxygen atoms in total. The van der Waals surface area contributed by atoms with Crippen LogP contribution in [0.1, 0.15) is 44.7 Å². The highest BCUT2D eigenvalue weighted by molar-refractivity contribution is 5.32. The van der Waals surface area contributed by atoms with Crippen molar-refractivity contribution >= 4 is 6.47 Å². The predicted octanol–water partition coefficient (Wildman–Crippen LogP) is 3.85. The van der Waals surface area contributed by atoms with Gasteiger partial charge in [0.2, 0.25) is 0 Å². The maximum Gasteiger partial charge on any atom is 0.290 e. The largest absolute Gasteiger partial charge is 0.483 e. The van der Waals surface area contributed by atoms with Crippen LogP contribution in [0.25, 0.3) is 0 Å². The lowest BCUT2D eigenvalue weighted by Crippen LogP contribution is -1.85. The Morgan fingerprint density at radius 1 is 1.13 bits per heavy atom. The SMILES string of the molecule is CC.Cc1ccc(C(C)C)cc1.O=CO. The van der Waals surface area contributed by atoms with E-state index >= 15 is 0 Å². The summed E-state index contributed by atoms with van der Waals surface area (Å²) in [6, 6.07) is 8.71. The smallest absolute Gasteiger partial charge is 0.290 e. The van der Waals surface area contributed by atoms with Gasteiger partial charge in [0.1, 0.15) is 0 Å². The van der Waals surface area contributed by atoms with Crippen molar-refractivity contribution in [2.24, 2.45) is 0 Å². The molecule has 0 heterocycles. The van der Waals surface area contributed by atoms with Crippen molar-refractivity contribution in [2.45, 2.75) is 40.5 Å². The topological polar surface area (TPSA) is 37.3 Å². The van der Waals surface area contributed by atoms with E-state index in [1.807, 2.05) is 13.8 Å². The minimum absolute atomic E-state index is 0.250. The highest BCUT2D eigenvalue weighted by Crippen LogP contribution is 2.13. The van der Waals surface area contributed by atoms with Crippen molar-refractivity contribution < 1.29 is 9.90 Å². The van der Waals surface area contributed by atoms with Crippen molar-refractivity contribution in [3.05, 3.63) is 35.4 Å². The maximum atomic E-state index is 8.36. The van der Waals surface area contributed by atoms with Gasteiger partial charge in [-0.3, -0.25) is 4.79 Å². The molecule has 86 valence electrons. The van der Waals surface area contributed by atoms with E-state index in [2.05, 4.69) is 45.0 Å². The normalized spacial score (nSPS) is 8.13. The van der Waals surface area contributed by atoms with Gasteiger partial charge in [0.05, 0.1) is 0 Å². The maximum absolute atomic E-state index is 8.36. The average molecular weight is 210 g/mol. The second kappa shape index (κ2) is 10.8. The first-order valence-electron chi connectivity index (χ1n) is 5.26. The molecule has 0 spiro atoms. The fourth-order valence-electron chi connectivity index (χ4n) is 0.951. The molecule has 0 radical (unpaired) electrons. The van der Waals surface area contributed by atoms with Crippen molar-refractivity contribution in [1.29, 1.82) is 0 Å². The number of benzene rings is 1. The summed E-state index contributed by atoms with van der Waals surface area (Å²) in [5, 5.41) is 6.89. The molecule has 15 heavy (non-hydrogen) atoms. The number of hydrogen-bond acceptors (Lipinski definition) is 1. The third-order valence-electron chi connectivity index (χ3n) is 1.74. The molecule has 0 amide bonds. The fourth-order valence-corrected chi connectivity index (χ4v) is 0.951. The van der Waals surface area contributed by atoms with Gasteiger partial charge >= 0.3 is 0 Å². The van der Waals surface area contributed by atoms with Crippen LogP contribution in [0.15, 0.2) is 24.3 Å². The van der Waals surface area contributed by atoms with Crippen LogP contribution < -0.4 is 0 Å². The Morgan fingerprint density at radius 2 is 1.47 bits per heavy atom. The third-order valence-corrected chi connectivity index (χ3v) is 1.74. The number of rotatable bonds is 1. The highest BCUT2D eigenvalue weighted by Gasteiger charge is 1.95. The number of carboxylic acid groups (broad SMARTS) is 1. The summed E-state index contributed by atoms with van der Waals surface area (Å²) in [6.45, 7) is 10.3. The Balaban J connectivity index is 0. The summed E-state index contributed by atoms with van der Waals surface area (Å²) in [5.41, 5.74) is 2.76. The number of hydrogen-bond donors (Lipinski definition) is 1. The molecule has 0 aromatic heterocycles. The van der Waals surface area contributed by atoms with Gasteiger partial charge in [0, 0.05) is 0 Å². The minimum Gasteiger partial charge on any atom is -0.483 e. The molecule has 0 aliphatic heterocycles. The van der Waals surface area contributed by atoms with Gasteiger partial charge in [0.15, 0.2) is 0 Å². The van der Waals surface area contributed by atoms with E-state index in [1.165, 1.54) is 11.1 Å². The second-order valence-corrected chi connectivity index (χ2v) is 3.17. The molecule has 0 aliphatic rings. The van der Waals surface area contributed by atoms with Crippen molar-refractivity contribution in [2.75, 3.05) is 0 Å². The van der Waals surface area contributed by atoms with Gasteiger partial charge in [-0.2, -0.15) is 0 Å². The lowest BCUT2D eigenvalue weighted by atomic mass is 10.0. The summed E-state index contributed by atoms with van der Waals surface area (Å²) < 4.78 is 0. The molecule has 1 aromatic carbocycles. The molecule has 0 fully saturated rings. The van der Waals surface area contributed by atoms with Gasteiger partial charge < -0.3 is 5.11 Å². The van der Waals surface area contributed by atoms with E-state index in [0.717, 1.165) is 0 Å². The number of carbonyl (C=O) groups is 1. The summed E-state index contributed by atoms with van der Waals surface area (Å²) in [7, 11) is 0. The monoisotopic (exact) mass is 210 g/mol. The Kier molecular flexibility index (Phi) is 11.6. The number of aryl methyl sites for hydroxylation is 1. The van der Waals surface area contributed by atoms with Crippen LogP contribution in [0, 0.1) is 6.92 Å². The second-order valence-electron chi connectivity index (χ2n) is 3.17. The van der Waals surface area contributed by atoms with E-state index in [0.29, 0.717) is 5.92 Å². The first kappa shape index (κ1) is 16.1. The first-order valence-corrected chi connectivity index (χ1v) is 5.26. The summed E-state index contributed by atoms with van der Waals surface area (Å²) in [6.07, 6.45) is 0. The molecule has 0 aliphatic carbocycles. The molecule has 0 saturated heterocycles. The average Bonchev–Trinajstić information content (AvgIpc) is 2.22. The van der Waals surface area contributed by atoms with E-state index < -0.39 is 0 Å². The standard InChI is InChI=1S/C10H14.C2H6.CH2O2/c1-8(2)10-6-4-9(3)5-7-10;1-2;2-1-3/h4-8H,1-3H3;1-2H3;1H,(H,2,3). The van der Waals surface area contributed by atoms with Crippen LogP contribution in [0.5, 0.6) is 0 Å². The first-order chi connectivity index (χ1) is 7.11. The van der Waals surface area contributed by atoms with Gasteiger partial charge in [0.25, 0.3) is 6.47 Å². The van der Waals surface area contributed by atoms with Crippen LogP contribution in [0.2, 0.25) is 0 Å². The molecule has 0 atom stereocenters. The molecule has 1 N–H and O–H groups in total. The van der Waals surface area contributed by atoms with E-state index in [4.69, 9.17) is 9.90 Å². The van der Waals surface area contributed by atoms with Crippen LogP contribution >= 0.6 is 0 Å². The lowest BCUT2D eigenvalue weighted by Gasteiger charge is -2.03. The van der Waals surface area contributed by atoms with Gasteiger partial charge in [-0.1, -0.05) is 57.5 Å². The van der Waals surface area contributed by atoms with E-state index in [-0.39, 0.29) is 6.47 Å². The Labute approximate surface area is 93.0 Å². The zero-order chi connectivity index (χ0) is 12.3. The Hall–Kier alpha value is -1.31. The molecule has 1 rings (SSSR count). The summed E-state index contributed by atoms with van der Waals surface area (Å²) in [5.74, 6) is 0.653. The highest BCUT2D eigenvalue weighted by atomic mass is 16.3. The lowest BCUT2D eigenvalue weighted by molar-refractivity contribution is -0.122. The van der Waals surface area contributed by atoms with Crippen molar-refractivity contribution in [3.63, 3.8) is 0 Å².